The molecule has 0 radical (unpaired) electrons. The minimum absolute atomic E-state index is 0. The normalized spacial score (nSPS) is 11.5. The monoisotopic (exact) mass is 341 g/mol. The third-order valence-corrected chi connectivity index (χ3v) is 3.02. The Hall–Kier alpha value is -1.03. The van der Waals surface area contributed by atoms with E-state index in [4.69, 9.17) is 22.1 Å². The van der Waals surface area contributed by atoms with Gasteiger partial charge in [0.05, 0.1) is 6.04 Å². The van der Waals surface area contributed by atoms with Gasteiger partial charge in [-0.15, -0.1) is 17.0 Å². The summed E-state index contributed by atoms with van der Waals surface area (Å²) >= 11 is 5.90. The van der Waals surface area contributed by atoms with Crippen LogP contribution >= 0.6 is 28.6 Å². The first-order valence-electron chi connectivity index (χ1n) is 5.86. The highest BCUT2D eigenvalue weighted by atomic mass is 79.9. The number of benzene rings is 2. The highest BCUT2D eigenvalue weighted by molar-refractivity contribution is 8.93. The molecule has 2 nitrogen and oxygen atoms in total. The molecule has 0 aliphatic carbocycles. The van der Waals surface area contributed by atoms with Crippen LogP contribution in [-0.2, 0) is 0 Å². The minimum atomic E-state index is -0.124. The first kappa shape index (κ1) is 16.0. The van der Waals surface area contributed by atoms with E-state index >= 15 is 0 Å². The molecule has 0 aliphatic rings. The van der Waals surface area contributed by atoms with Gasteiger partial charge in [0.1, 0.15) is 12.4 Å². The molecule has 2 rings (SSSR count). The smallest absolute Gasteiger partial charge is 0.122 e. The Bertz CT molecular complexity index is 519. The predicted molar refractivity (Wildman–Crippen MR) is 85.4 cm³/mol. The van der Waals surface area contributed by atoms with Crippen molar-refractivity contribution in [2.75, 3.05) is 6.61 Å². The van der Waals surface area contributed by atoms with Crippen molar-refractivity contribution in [2.24, 2.45) is 5.73 Å². The van der Waals surface area contributed by atoms with Crippen molar-refractivity contribution in [1.82, 2.24) is 0 Å². The molecule has 0 saturated carbocycles. The summed E-state index contributed by atoms with van der Waals surface area (Å²) in [6, 6.07) is 15.4. The summed E-state index contributed by atoms with van der Waals surface area (Å²) in [5.41, 5.74) is 8.16. The van der Waals surface area contributed by atoms with Gasteiger partial charge >= 0.3 is 0 Å². The molecule has 0 aromatic heterocycles. The lowest BCUT2D eigenvalue weighted by Crippen LogP contribution is -2.19. The fourth-order valence-corrected chi connectivity index (χ4v) is 1.98. The topological polar surface area (TPSA) is 35.2 Å². The second-order valence-corrected chi connectivity index (χ2v) is 4.67. The average molecular weight is 343 g/mol. The van der Waals surface area contributed by atoms with Crippen molar-refractivity contribution in [2.45, 2.75) is 13.0 Å². The van der Waals surface area contributed by atoms with E-state index in [0.29, 0.717) is 11.6 Å². The van der Waals surface area contributed by atoms with E-state index in [1.807, 2.05) is 55.5 Å². The van der Waals surface area contributed by atoms with Crippen molar-refractivity contribution in [3.8, 4) is 5.75 Å². The Kier molecular flexibility index (Phi) is 6.35. The third-order valence-electron chi connectivity index (χ3n) is 2.78. The van der Waals surface area contributed by atoms with E-state index in [1.54, 1.807) is 0 Å². The van der Waals surface area contributed by atoms with Crippen LogP contribution in [0.3, 0.4) is 0 Å². The molecule has 2 aromatic carbocycles. The lowest BCUT2D eigenvalue weighted by molar-refractivity contribution is 0.289. The van der Waals surface area contributed by atoms with Crippen molar-refractivity contribution < 1.29 is 4.74 Å². The summed E-state index contributed by atoms with van der Waals surface area (Å²) in [6.45, 7) is 2.42. The molecule has 0 bridgehead atoms. The van der Waals surface area contributed by atoms with E-state index < -0.39 is 0 Å². The molecule has 0 aliphatic heterocycles. The zero-order valence-corrected chi connectivity index (χ0v) is 13.1. The summed E-state index contributed by atoms with van der Waals surface area (Å²) in [5.74, 6) is 0.825. The van der Waals surface area contributed by atoms with Gasteiger partial charge in [-0.05, 0) is 36.2 Å². The summed E-state index contributed by atoms with van der Waals surface area (Å²) in [4.78, 5) is 0. The summed E-state index contributed by atoms with van der Waals surface area (Å²) in [7, 11) is 0. The van der Waals surface area contributed by atoms with Crippen LogP contribution in [0.4, 0.5) is 0 Å². The fourth-order valence-electron chi connectivity index (χ4n) is 1.75. The van der Waals surface area contributed by atoms with Crippen LogP contribution in [0, 0.1) is 6.92 Å². The maximum Gasteiger partial charge on any atom is 0.122 e. The minimum Gasteiger partial charge on any atom is -0.491 e. The van der Waals surface area contributed by atoms with Gasteiger partial charge < -0.3 is 10.5 Å². The number of nitrogens with two attached hydrogens (primary N) is 1. The van der Waals surface area contributed by atoms with E-state index in [-0.39, 0.29) is 23.0 Å². The number of rotatable bonds is 4. The molecular weight excluding hydrogens is 326 g/mol. The average Bonchev–Trinajstić information content (AvgIpc) is 2.38. The van der Waals surface area contributed by atoms with E-state index in [9.17, 15) is 0 Å². The largest absolute Gasteiger partial charge is 0.491 e. The molecule has 1 unspecified atom stereocenters. The number of ether oxygens (including phenoxy) is 1. The first-order valence-corrected chi connectivity index (χ1v) is 6.24. The predicted octanol–water partition coefficient (Wildman–Crippen LogP) is 4.31. The summed E-state index contributed by atoms with van der Waals surface area (Å²) in [6.07, 6.45) is 0. The second kappa shape index (κ2) is 7.53. The number of aryl methyl sites for hydroxylation is 1. The van der Waals surface area contributed by atoms with Gasteiger partial charge in [-0.25, -0.2) is 0 Å². The Morgan fingerprint density at radius 3 is 2.47 bits per heavy atom. The Morgan fingerprint density at radius 2 is 1.84 bits per heavy atom. The molecular formula is C15H17BrClNO. The molecule has 0 amide bonds. The van der Waals surface area contributed by atoms with Gasteiger partial charge in [0.2, 0.25) is 0 Å². The highest BCUT2D eigenvalue weighted by Crippen LogP contribution is 2.22. The highest BCUT2D eigenvalue weighted by Gasteiger charge is 2.07. The quantitative estimate of drug-likeness (QED) is 0.899. The SMILES string of the molecule is Br.Cc1cc(Cl)ccc1OCC(N)c1ccccc1. The van der Waals surface area contributed by atoms with E-state index in [2.05, 4.69) is 0 Å². The van der Waals surface area contributed by atoms with Crippen LogP contribution in [-0.4, -0.2) is 6.61 Å². The third kappa shape index (κ3) is 4.53. The number of hydrogen-bond acceptors (Lipinski definition) is 2. The Morgan fingerprint density at radius 1 is 1.16 bits per heavy atom. The van der Waals surface area contributed by atoms with Crippen LogP contribution in [0.25, 0.3) is 0 Å². The molecule has 102 valence electrons. The molecule has 2 N–H and O–H groups in total. The second-order valence-electron chi connectivity index (χ2n) is 4.24. The molecule has 0 saturated heterocycles. The van der Waals surface area contributed by atoms with Crippen molar-refractivity contribution in [1.29, 1.82) is 0 Å². The van der Waals surface area contributed by atoms with Gasteiger partial charge in [-0.2, -0.15) is 0 Å². The molecule has 0 heterocycles. The van der Waals surface area contributed by atoms with Crippen molar-refractivity contribution in [3.63, 3.8) is 0 Å². The van der Waals surface area contributed by atoms with Crippen LogP contribution in [0.1, 0.15) is 17.2 Å². The Balaban J connectivity index is 0.00000180. The van der Waals surface area contributed by atoms with E-state index in [0.717, 1.165) is 16.9 Å². The van der Waals surface area contributed by atoms with Crippen LogP contribution < -0.4 is 10.5 Å². The summed E-state index contributed by atoms with van der Waals surface area (Å²) < 4.78 is 5.72. The van der Waals surface area contributed by atoms with Crippen molar-refractivity contribution in [3.05, 3.63) is 64.7 Å². The van der Waals surface area contributed by atoms with Gasteiger partial charge in [0, 0.05) is 5.02 Å². The zero-order chi connectivity index (χ0) is 13.0. The van der Waals surface area contributed by atoms with Crippen LogP contribution in [0.15, 0.2) is 48.5 Å². The number of halogens is 2. The molecule has 4 heteroatoms. The summed E-state index contributed by atoms with van der Waals surface area (Å²) in [5, 5.41) is 0.715. The lowest BCUT2D eigenvalue weighted by atomic mass is 10.1. The van der Waals surface area contributed by atoms with Gasteiger partial charge in [-0.3, -0.25) is 0 Å². The van der Waals surface area contributed by atoms with Crippen LogP contribution in [0.2, 0.25) is 5.02 Å². The number of hydrogen-bond donors (Lipinski definition) is 1. The van der Waals surface area contributed by atoms with Crippen LogP contribution in [0.5, 0.6) is 5.75 Å². The standard InChI is InChI=1S/C15H16ClNO.BrH/c1-11-9-13(16)7-8-15(11)18-10-14(17)12-5-3-2-4-6-12;/h2-9,14H,10,17H2,1H3;1H. The van der Waals surface area contributed by atoms with Gasteiger partial charge in [0.25, 0.3) is 0 Å². The van der Waals surface area contributed by atoms with E-state index in [1.165, 1.54) is 0 Å². The fraction of sp³-hybridized carbons (Fsp3) is 0.200. The molecule has 1 atom stereocenters. The molecule has 19 heavy (non-hydrogen) atoms. The first-order chi connectivity index (χ1) is 8.66. The van der Waals surface area contributed by atoms with Crippen molar-refractivity contribution >= 4 is 28.6 Å². The molecule has 0 spiro atoms. The van der Waals surface area contributed by atoms with Gasteiger partial charge in [-0.1, -0.05) is 41.9 Å². The van der Waals surface area contributed by atoms with Gasteiger partial charge in [0.15, 0.2) is 0 Å². The zero-order valence-electron chi connectivity index (χ0n) is 10.7. The lowest BCUT2D eigenvalue weighted by Gasteiger charge is -2.15. The maximum atomic E-state index is 6.07. The maximum absolute atomic E-state index is 6.07. The Labute approximate surface area is 129 Å². The molecule has 0 fully saturated rings. The molecule has 2 aromatic rings.